The number of carbonyl (C=O) groups is 1. The van der Waals surface area contributed by atoms with Crippen molar-refractivity contribution in [1.29, 1.82) is 0 Å². The Kier molecular flexibility index (Phi) is 2.03. The molecule has 1 N–H and O–H groups in total. The van der Waals surface area contributed by atoms with E-state index in [4.69, 9.17) is 7.85 Å². The fourth-order valence-electron chi connectivity index (χ4n) is 0.861. The Morgan fingerprint density at radius 2 is 2.25 bits per heavy atom. The quantitative estimate of drug-likeness (QED) is 0.745. The fourth-order valence-corrected chi connectivity index (χ4v) is 0.861. The van der Waals surface area contributed by atoms with Crippen LogP contribution in [0.2, 0.25) is 0 Å². The summed E-state index contributed by atoms with van der Waals surface area (Å²) in [4.78, 5) is 10.7. The van der Waals surface area contributed by atoms with Gasteiger partial charge in [-0.05, 0) is 12.0 Å². The van der Waals surface area contributed by atoms with Crippen molar-refractivity contribution in [3.8, 4) is 0 Å². The monoisotopic (exact) mass is 166 g/mol. The minimum absolute atomic E-state index is 0.549. The molecule has 0 aliphatic carbocycles. The van der Waals surface area contributed by atoms with Crippen LogP contribution < -0.4 is 0 Å². The Morgan fingerprint density at radius 3 is 2.75 bits per heavy atom. The summed E-state index contributed by atoms with van der Waals surface area (Å²) in [6.45, 7) is 1.24. The molecule has 0 radical (unpaired) electrons. The highest BCUT2D eigenvalue weighted by Gasteiger charge is 2.10. The molecule has 0 aliphatic rings. The fraction of sp³-hybridized carbons (Fsp3) is 0.300. The molecule has 2 unspecified atom stereocenters. The molecule has 12 heavy (non-hydrogen) atoms. The van der Waals surface area contributed by atoms with Crippen molar-refractivity contribution in [2.45, 2.75) is 13.3 Å². The van der Waals surface area contributed by atoms with Crippen molar-refractivity contribution in [2.75, 3.05) is 0 Å². The second-order valence-corrected chi connectivity index (χ2v) is 2.54. The van der Waals surface area contributed by atoms with Crippen molar-refractivity contribution >= 4 is 5.97 Å². The van der Waals surface area contributed by atoms with E-state index in [9.17, 15) is 4.79 Å². The molecule has 0 heterocycles. The molecule has 0 saturated carbocycles. The zero-order valence-electron chi connectivity index (χ0n) is 8.82. The first kappa shape index (κ1) is 6.23. The lowest BCUT2D eigenvalue weighted by atomic mass is 10.0. The van der Waals surface area contributed by atoms with Crippen LogP contribution in [-0.4, -0.2) is 11.1 Å². The van der Waals surface area contributed by atoms with E-state index in [-0.39, 0.29) is 0 Å². The van der Waals surface area contributed by atoms with Gasteiger partial charge in [0.25, 0.3) is 0 Å². The molecule has 0 fully saturated rings. The van der Waals surface area contributed by atoms with Gasteiger partial charge in [-0.15, -0.1) is 0 Å². The Bertz CT molecular complexity index is 322. The van der Waals surface area contributed by atoms with Crippen LogP contribution in [0.3, 0.4) is 0 Å². The van der Waals surface area contributed by atoms with Gasteiger partial charge in [-0.3, -0.25) is 4.79 Å². The average molecular weight is 166 g/mol. The van der Waals surface area contributed by atoms with Crippen LogP contribution in [0.4, 0.5) is 0 Å². The van der Waals surface area contributed by atoms with Crippen molar-refractivity contribution in [3.63, 3.8) is 0 Å². The normalized spacial score (nSPS) is 20.1. The molecule has 0 aromatic heterocycles. The predicted molar refractivity (Wildman–Crippen MR) is 46.9 cm³/mol. The van der Waals surface area contributed by atoms with Crippen LogP contribution in [-0.2, 0) is 11.2 Å². The van der Waals surface area contributed by atoms with Gasteiger partial charge in [0.15, 0.2) is 0 Å². The van der Waals surface area contributed by atoms with Crippen molar-refractivity contribution in [3.05, 3.63) is 35.9 Å². The maximum atomic E-state index is 10.7. The number of benzene rings is 1. The number of carboxylic acids is 1. The van der Waals surface area contributed by atoms with E-state index < -0.39 is 18.3 Å². The molecule has 2 heteroatoms. The van der Waals surface area contributed by atoms with E-state index in [0.29, 0.717) is 5.56 Å². The zero-order valence-corrected chi connectivity index (χ0v) is 6.82. The number of carboxylic acid groups (broad SMARTS) is 1. The number of aliphatic carboxylic acids is 1. The molecular formula is C10H12O2. The van der Waals surface area contributed by atoms with E-state index in [2.05, 4.69) is 0 Å². The molecule has 0 spiro atoms. The SMILES string of the molecule is [2H]C(c1ccccc1)C([2H])(C)C(=O)O. The third kappa shape index (κ3) is 2.38. The van der Waals surface area contributed by atoms with Gasteiger partial charge in [0, 0.05) is 2.74 Å². The Labute approximate surface area is 74.7 Å². The summed E-state index contributed by atoms with van der Waals surface area (Å²) in [5.74, 6) is -3.08. The largest absolute Gasteiger partial charge is 0.481 e. The van der Waals surface area contributed by atoms with Crippen LogP contribution in [0.5, 0.6) is 0 Å². The van der Waals surface area contributed by atoms with Crippen molar-refractivity contribution in [1.82, 2.24) is 0 Å². The summed E-state index contributed by atoms with van der Waals surface area (Å²) in [5, 5.41) is 8.77. The summed E-state index contributed by atoms with van der Waals surface area (Å²) in [6.07, 6.45) is -1.07. The van der Waals surface area contributed by atoms with Gasteiger partial charge in [0.1, 0.15) is 0 Å². The van der Waals surface area contributed by atoms with E-state index >= 15 is 0 Å². The zero-order chi connectivity index (χ0) is 10.8. The summed E-state index contributed by atoms with van der Waals surface area (Å²) in [5.41, 5.74) is 0.549. The lowest BCUT2D eigenvalue weighted by molar-refractivity contribution is -0.141. The lowest BCUT2D eigenvalue weighted by Gasteiger charge is -2.04. The first-order chi connectivity index (χ1) is 6.46. The molecule has 1 rings (SSSR count). The molecule has 0 saturated heterocycles. The van der Waals surface area contributed by atoms with Gasteiger partial charge in [0.2, 0.25) is 0 Å². The molecule has 0 bridgehead atoms. The molecule has 2 atom stereocenters. The second-order valence-electron chi connectivity index (χ2n) is 2.54. The smallest absolute Gasteiger partial charge is 0.306 e. The Balaban J connectivity index is 2.96. The number of hydrogen-bond donors (Lipinski definition) is 1. The summed E-state index contributed by atoms with van der Waals surface area (Å²) in [6, 6.07) is 8.57. The standard InChI is InChI=1S/C10H12O2/c1-8(10(11)12)7-9-5-3-2-4-6-9/h2-6,8H,7H2,1H3,(H,11,12)/i7D,8D. The molecular weight excluding hydrogens is 152 g/mol. The predicted octanol–water partition coefficient (Wildman–Crippen LogP) is 1.95. The summed E-state index contributed by atoms with van der Waals surface area (Å²) < 4.78 is 15.2. The summed E-state index contributed by atoms with van der Waals surface area (Å²) >= 11 is 0. The van der Waals surface area contributed by atoms with Gasteiger partial charge in [0.05, 0.1) is 5.89 Å². The van der Waals surface area contributed by atoms with Crippen LogP contribution >= 0.6 is 0 Å². The Hall–Kier alpha value is -1.31. The first-order valence-corrected chi connectivity index (χ1v) is 3.67. The van der Waals surface area contributed by atoms with Gasteiger partial charge < -0.3 is 5.11 Å². The van der Waals surface area contributed by atoms with Crippen molar-refractivity contribution in [2.24, 2.45) is 5.89 Å². The van der Waals surface area contributed by atoms with Crippen molar-refractivity contribution < 1.29 is 12.6 Å². The van der Waals surface area contributed by atoms with E-state index in [1.54, 1.807) is 30.3 Å². The number of hydrogen-bond acceptors (Lipinski definition) is 1. The van der Waals surface area contributed by atoms with Gasteiger partial charge in [-0.2, -0.15) is 0 Å². The average Bonchev–Trinajstić information content (AvgIpc) is 2.17. The molecule has 1 aromatic rings. The Morgan fingerprint density at radius 1 is 1.67 bits per heavy atom. The molecule has 1 aromatic carbocycles. The molecule has 64 valence electrons. The first-order valence-electron chi connectivity index (χ1n) is 4.74. The van der Waals surface area contributed by atoms with E-state index in [1.807, 2.05) is 0 Å². The molecule has 0 aliphatic heterocycles. The van der Waals surface area contributed by atoms with Gasteiger partial charge in [-0.1, -0.05) is 37.3 Å². The highest BCUT2D eigenvalue weighted by molar-refractivity contribution is 5.69. The summed E-state index contributed by atoms with van der Waals surface area (Å²) in [7, 11) is 0. The molecule has 0 amide bonds. The maximum Gasteiger partial charge on any atom is 0.306 e. The van der Waals surface area contributed by atoms with Gasteiger partial charge >= 0.3 is 5.97 Å². The highest BCUT2D eigenvalue weighted by atomic mass is 16.4. The topological polar surface area (TPSA) is 37.3 Å². The lowest BCUT2D eigenvalue weighted by Crippen LogP contribution is -2.11. The van der Waals surface area contributed by atoms with Crippen LogP contribution in [0.25, 0.3) is 0 Å². The van der Waals surface area contributed by atoms with Crippen LogP contribution in [0, 0.1) is 5.89 Å². The third-order valence-corrected chi connectivity index (χ3v) is 1.52. The minimum Gasteiger partial charge on any atom is -0.481 e. The van der Waals surface area contributed by atoms with Gasteiger partial charge in [-0.25, -0.2) is 0 Å². The second kappa shape index (κ2) is 3.90. The third-order valence-electron chi connectivity index (χ3n) is 1.52. The van der Waals surface area contributed by atoms with Crippen LogP contribution in [0.1, 0.15) is 15.2 Å². The minimum atomic E-state index is -1.80. The highest BCUT2D eigenvalue weighted by Crippen LogP contribution is 2.07. The maximum absolute atomic E-state index is 10.7. The molecule has 2 nitrogen and oxygen atoms in total. The van der Waals surface area contributed by atoms with E-state index in [0.717, 1.165) is 0 Å². The van der Waals surface area contributed by atoms with E-state index in [1.165, 1.54) is 6.92 Å². The number of rotatable bonds is 3. The van der Waals surface area contributed by atoms with Crippen LogP contribution in [0.15, 0.2) is 30.3 Å².